The van der Waals surface area contributed by atoms with Crippen LogP contribution in [0.15, 0.2) is 42.5 Å². The minimum atomic E-state index is 0.348. The van der Waals surface area contributed by atoms with Gasteiger partial charge in [-0.1, -0.05) is 43.2 Å². The predicted octanol–water partition coefficient (Wildman–Crippen LogP) is 4.27. The second-order valence-electron chi connectivity index (χ2n) is 4.93. The second-order valence-corrected chi connectivity index (χ2v) is 4.93. The Morgan fingerprint density at radius 2 is 1.79 bits per heavy atom. The Morgan fingerprint density at radius 1 is 1.05 bits per heavy atom. The van der Waals surface area contributed by atoms with Gasteiger partial charge in [-0.2, -0.15) is 0 Å². The number of hydrogen-bond acceptors (Lipinski definition) is 2. The molecule has 2 nitrogen and oxygen atoms in total. The highest BCUT2D eigenvalue weighted by molar-refractivity contribution is 5.46. The molecule has 0 heterocycles. The summed E-state index contributed by atoms with van der Waals surface area (Å²) in [6.07, 6.45) is 2.29. The Kier molecular flexibility index (Phi) is 4.45. The smallest absolute Gasteiger partial charge is 0.120 e. The maximum absolute atomic E-state index is 9.79. The fourth-order valence-corrected chi connectivity index (χ4v) is 2.13. The molecule has 0 aromatic heterocycles. The van der Waals surface area contributed by atoms with E-state index in [-0.39, 0.29) is 0 Å². The first-order valence-corrected chi connectivity index (χ1v) is 6.80. The van der Waals surface area contributed by atoms with Crippen molar-refractivity contribution in [2.24, 2.45) is 0 Å². The minimum Gasteiger partial charge on any atom is -0.508 e. The molecule has 2 aromatic rings. The lowest BCUT2D eigenvalue weighted by Gasteiger charge is -2.09. The van der Waals surface area contributed by atoms with Crippen molar-refractivity contribution in [3.05, 3.63) is 59.2 Å². The molecule has 0 atom stereocenters. The number of aryl methyl sites for hydroxylation is 2. The van der Waals surface area contributed by atoms with Gasteiger partial charge in [0, 0.05) is 17.8 Å². The van der Waals surface area contributed by atoms with Crippen molar-refractivity contribution in [3.8, 4) is 5.75 Å². The van der Waals surface area contributed by atoms with Gasteiger partial charge in [0.25, 0.3) is 0 Å². The topological polar surface area (TPSA) is 32.3 Å². The molecule has 0 saturated heterocycles. The molecule has 0 saturated carbocycles. The Labute approximate surface area is 115 Å². The van der Waals surface area contributed by atoms with Gasteiger partial charge in [0.15, 0.2) is 0 Å². The first kappa shape index (κ1) is 13.5. The van der Waals surface area contributed by atoms with Crippen molar-refractivity contribution in [3.63, 3.8) is 0 Å². The Bertz CT molecular complexity index is 531. The molecule has 0 aliphatic carbocycles. The number of rotatable bonds is 5. The van der Waals surface area contributed by atoms with Crippen molar-refractivity contribution >= 4 is 5.69 Å². The zero-order valence-electron chi connectivity index (χ0n) is 11.6. The molecule has 0 unspecified atom stereocenters. The molecule has 2 heteroatoms. The van der Waals surface area contributed by atoms with Gasteiger partial charge in [0.2, 0.25) is 0 Å². The van der Waals surface area contributed by atoms with E-state index >= 15 is 0 Å². The van der Waals surface area contributed by atoms with Gasteiger partial charge in [0.05, 0.1) is 0 Å². The van der Waals surface area contributed by atoms with Crippen molar-refractivity contribution in [1.82, 2.24) is 0 Å². The molecule has 0 amide bonds. The van der Waals surface area contributed by atoms with Crippen LogP contribution in [0.2, 0.25) is 0 Å². The van der Waals surface area contributed by atoms with E-state index in [2.05, 4.69) is 36.5 Å². The summed E-state index contributed by atoms with van der Waals surface area (Å²) in [7, 11) is 0. The lowest BCUT2D eigenvalue weighted by atomic mass is 10.1. The highest BCUT2D eigenvalue weighted by Gasteiger charge is 2.01. The van der Waals surface area contributed by atoms with E-state index in [9.17, 15) is 5.11 Å². The first-order chi connectivity index (χ1) is 9.19. The van der Waals surface area contributed by atoms with Crippen LogP contribution < -0.4 is 5.32 Å². The molecule has 2 aromatic carbocycles. The molecule has 0 fully saturated rings. The van der Waals surface area contributed by atoms with Gasteiger partial charge < -0.3 is 10.4 Å². The van der Waals surface area contributed by atoms with Crippen LogP contribution in [-0.4, -0.2) is 5.11 Å². The van der Waals surface area contributed by atoms with Crippen LogP contribution in [0.3, 0.4) is 0 Å². The van der Waals surface area contributed by atoms with E-state index in [1.54, 1.807) is 6.07 Å². The number of phenolic OH excluding ortho intramolecular Hbond substituents is 1. The number of aromatic hydroxyl groups is 1. The largest absolute Gasteiger partial charge is 0.508 e. The van der Waals surface area contributed by atoms with E-state index in [1.165, 1.54) is 12.0 Å². The van der Waals surface area contributed by atoms with Crippen molar-refractivity contribution in [1.29, 1.82) is 0 Å². The molecular weight excluding hydrogens is 234 g/mol. The summed E-state index contributed by atoms with van der Waals surface area (Å²) >= 11 is 0. The van der Waals surface area contributed by atoms with Crippen molar-refractivity contribution < 1.29 is 5.11 Å². The second kappa shape index (κ2) is 6.28. The van der Waals surface area contributed by atoms with Crippen molar-refractivity contribution in [2.45, 2.75) is 33.2 Å². The highest BCUT2D eigenvalue weighted by Crippen LogP contribution is 2.20. The minimum absolute atomic E-state index is 0.348. The molecule has 19 heavy (non-hydrogen) atoms. The number of phenols is 1. The average Bonchev–Trinajstić information content (AvgIpc) is 2.42. The maximum Gasteiger partial charge on any atom is 0.120 e. The summed E-state index contributed by atoms with van der Waals surface area (Å²) in [5.41, 5.74) is 4.54. The Morgan fingerprint density at radius 3 is 2.47 bits per heavy atom. The molecule has 0 aliphatic heterocycles. The third-order valence-corrected chi connectivity index (χ3v) is 3.21. The highest BCUT2D eigenvalue weighted by atomic mass is 16.3. The summed E-state index contributed by atoms with van der Waals surface area (Å²) in [5.74, 6) is 0.348. The third-order valence-electron chi connectivity index (χ3n) is 3.21. The van der Waals surface area contributed by atoms with Crippen LogP contribution >= 0.6 is 0 Å². The first-order valence-electron chi connectivity index (χ1n) is 6.80. The lowest BCUT2D eigenvalue weighted by molar-refractivity contribution is 0.469. The summed E-state index contributed by atoms with van der Waals surface area (Å²) in [6.45, 7) is 4.86. The number of hydrogen-bond donors (Lipinski definition) is 2. The molecule has 2 N–H and O–H groups in total. The fraction of sp³-hybridized carbons (Fsp3) is 0.294. The van der Waals surface area contributed by atoms with Crippen LogP contribution in [0.5, 0.6) is 5.75 Å². The standard InChI is InChI=1S/C17H21NO/c1-3-4-14-6-8-16(9-7-14)18-12-15-11-13(2)5-10-17(15)19/h5-11,18-19H,3-4,12H2,1-2H3. The SMILES string of the molecule is CCCc1ccc(NCc2cc(C)ccc2O)cc1. The van der Waals surface area contributed by atoms with Crippen LogP contribution in [0, 0.1) is 6.92 Å². The zero-order valence-corrected chi connectivity index (χ0v) is 11.6. The number of anilines is 1. The summed E-state index contributed by atoms with van der Waals surface area (Å²) in [5, 5.41) is 13.1. The normalized spacial score (nSPS) is 10.4. The Hall–Kier alpha value is -1.96. The van der Waals surface area contributed by atoms with E-state index in [4.69, 9.17) is 0 Å². The van der Waals surface area contributed by atoms with E-state index in [1.807, 2.05) is 19.1 Å². The molecule has 0 bridgehead atoms. The van der Waals surface area contributed by atoms with E-state index in [0.29, 0.717) is 12.3 Å². The molecule has 0 radical (unpaired) electrons. The van der Waals surface area contributed by atoms with E-state index < -0.39 is 0 Å². The van der Waals surface area contributed by atoms with Crippen molar-refractivity contribution in [2.75, 3.05) is 5.32 Å². The van der Waals surface area contributed by atoms with Crippen LogP contribution in [0.1, 0.15) is 30.0 Å². The van der Waals surface area contributed by atoms with Gasteiger partial charge in [-0.3, -0.25) is 0 Å². The third kappa shape index (κ3) is 3.75. The molecule has 2 rings (SSSR count). The van der Waals surface area contributed by atoms with E-state index in [0.717, 1.165) is 23.2 Å². The molecular formula is C17H21NO. The monoisotopic (exact) mass is 255 g/mol. The number of benzene rings is 2. The van der Waals surface area contributed by atoms with Gasteiger partial charge in [-0.05, 0) is 37.1 Å². The number of nitrogens with one attached hydrogen (secondary N) is 1. The summed E-state index contributed by atoms with van der Waals surface area (Å²) in [6, 6.07) is 14.2. The van der Waals surface area contributed by atoms with Gasteiger partial charge in [-0.25, -0.2) is 0 Å². The van der Waals surface area contributed by atoms with Crippen LogP contribution in [0.4, 0.5) is 5.69 Å². The summed E-state index contributed by atoms with van der Waals surface area (Å²) in [4.78, 5) is 0. The van der Waals surface area contributed by atoms with Crippen LogP contribution in [-0.2, 0) is 13.0 Å². The lowest BCUT2D eigenvalue weighted by Crippen LogP contribution is -2.00. The summed E-state index contributed by atoms with van der Waals surface area (Å²) < 4.78 is 0. The van der Waals surface area contributed by atoms with Gasteiger partial charge in [0.1, 0.15) is 5.75 Å². The maximum atomic E-state index is 9.79. The fourth-order valence-electron chi connectivity index (χ4n) is 2.13. The zero-order chi connectivity index (χ0) is 13.7. The Balaban J connectivity index is 2.00. The predicted molar refractivity (Wildman–Crippen MR) is 80.6 cm³/mol. The average molecular weight is 255 g/mol. The van der Waals surface area contributed by atoms with Crippen LogP contribution in [0.25, 0.3) is 0 Å². The molecule has 0 spiro atoms. The van der Waals surface area contributed by atoms with Gasteiger partial charge >= 0.3 is 0 Å². The quantitative estimate of drug-likeness (QED) is 0.836. The van der Waals surface area contributed by atoms with Gasteiger partial charge in [-0.15, -0.1) is 0 Å². The molecule has 100 valence electrons. The molecule has 0 aliphatic rings.